The van der Waals surface area contributed by atoms with Crippen molar-refractivity contribution in [1.29, 1.82) is 0 Å². The van der Waals surface area contributed by atoms with E-state index >= 15 is 4.39 Å². The quantitative estimate of drug-likeness (QED) is 0.264. The molecule has 5 rings (SSSR count). The number of halogens is 1. The summed E-state index contributed by atoms with van der Waals surface area (Å²) in [5.74, 6) is 0.640. The molecule has 0 saturated carbocycles. The lowest BCUT2D eigenvalue weighted by Gasteiger charge is -2.28. The highest BCUT2D eigenvalue weighted by Crippen LogP contribution is 2.40. The van der Waals surface area contributed by atoms with Gasteiger partial charge in [0.25, 0.3) is 0 Å². The van der Waals surface area contributed by atoms with Crippen LogP contribution in [0.1, 0.15) is 30.6 Å². The average molecular weight is 581 g/mol. The van der Waals surface area contributed by atoms with Gasteiger partial charge in [0.1, 0.15) is 17.7 Å². The monoisotopic (exact) mass is 580 g/mol. The third-order valence-electron chi connectivity index (χ3n) is 7.13. The molecule has 1 aliphatic rings. The summed E-state index contributed by atoms with van der Waals surface area (Å²) in [6.45, 7) is 5.91. The number of anilines is 1. The number of nitrogens with two attached hydrogens (primary N) is 1. The highest BCUT2D eigenvalue weighted by molar-refractivity contribution is 7.89. The summed E-state index contributed by atoms with van der Waals surface area (Å²) >= 11 is 0. The van der Waals surface area contributed by atoms with Crippen LogP contribution in [0.3, 0.4) is 0 Å². The number of piperidine rings is 1. The molecule has 1 fully saturated rings. The van der Waals surface area contributed by atoms with Gasteiger partial charge in [0, 0.05) is 43.0 Å². The van der Waals surface area contributed by atoms with E-state index in [-0.39, 0.29) is 11.6 Å². The molecule has 216 valence electrons. The van der Waals surface area contributed by atoms with Crippen LogP contribution in [-0.2, 0) is 14.8 Å². The van der Waals surface area contributed by atoms with Gasteiger partial charge in [-0.05, 0) is 67.1 Å². The second kappa shape index (κ2) is 12.0. The van der Waals surface area contributed by atoms with Crippen molar-refractivity contribution < 1.29 is 22.3 Å². The van der Waals surface area contributed by atoms with Crippen molar-refractivity contribution in [2.75, 3.05) is 31.3 Å². The fourth-order valence-electron chi connectivity index (χ4n) is 5.22. The smallest absolute Gasteiger partial charge is 0.228 e. The zero-order valence-electron chi connectivity index (χ0n) is 23.1. The number of nitrogens with one attached hydrogen (secondary N) is 2. The van der Waals surface area contributed by atoms with Crippen LogP contribution in [0.25, 0.3) is 22.0 Å². The van der Waals surface area contributed by atoms with Crippen LogP contribution in [0.4, 0.5) is 10.3 Å². The molecule has 41 heavy (non-hydrogen) atoms. The Kier molecular flexibility index (Phi) is 8.45. The Balaban J connectivity index is 1.52. The number of ether oxygens (including phenoxy) is 2. The number of sulfonamides is 1. The summed E-state index contributed by atoms with van der Waals surface area (Å²) in [6, 6.07) is 12.0. The molecular formula is C29H33FN6O4S. The molecule has 1 unspecified atom stereocenters. The number of hydrogen-bond acceptors (Lipinski definition) is 9. The number of aryl methyl sites for hydroxylation is 1. The summed E-state index contributed by atoms with van der Waals surface area (Å²) in [4.78, 5) is 13.6. The third-order valence-corrected chi connectivity index (χ3v) is 7.90. The first-order chi connectivity index (χ1) is 19.6. The first-order valence-electron chi connectivity index (χ1n) is 13.3. The van der Waals surface area contributed by atoms with Crippen LogP contribution in [0.2, 0.25) is 0 Å². The van der Waals surface area contributed by atoms with E-state index in [2.05, 4.69) is 27.5 Å². The van der Waals surface area contributed by atoms with E-state index in [4.69, 9.17) is 19.6 Å². The minimum Gasteiger partial charge on any atom is -0.437 e. The maximum Gasteiger partial charge on any atom is 0.228 e. The minimum absolute atomic E-state index is 0.0863. The Labute approximate surface area is 238 Å². The second-order valence-corrected chi connectivity index (χ2v) is 12.0. The van der Waals surface area contributed by atoms with Crippen molar-refractivity contribution in [3.05, 3.63) is 71.8 Å². The summed E-state index contributed by atoms with van der Waals surface area (Å²) in [7, 11) is -2.63. The summed E-state index contributed by atoms with van der Waals surface area (Å²) in [5.41, 5.74) is 2.13. The van der Waals surface area contributed by atoms with Gasteiger partial charge in [-0.15, -0.1) is 0 Å². The topological polar surface area (TPSA) is 141 Å². The van der Waals surface area contributed by atoms with Crippen molar-refractivity contribution in [1.82, 2.24) is 20.3 Å². The number of benzene rings is 2. The molecule has 12 heteroatoms. The lowest BCUT2D eigenvalue weighted by Crippen LogP contribution is -2.42. The van der Waals surface area contributed by atoms with Crippen molar-refractivity contribution in [2.24, 2.45) is 11.1 Å². The summed E-state index contributed by atoms with van der Waals surface area (Å²) in [5, 5.41) is 13.1. The van der Waals surface area contributed by atoms with Gasteiger partial charge in [0.05, 0.1) is 17.0 Å². The molecule has 0 bridgehead atoms. The van der Waals surface area contributed by atoms with Crippen molar-refractivity contribution in [3.63, 3.8) is 0 Å². The largest absolute Gasteiger partial charge is 0.437 e. The summed E-state index contributed by atoms with van der Waals surface area (Å²) in [6.07, 6.45) is 3.22. The molecule has 0 radical (unpaired) electrons. The number of rotatable bonds is 9. The highest BCUT2D eigenvalue weighted by atomic mass is 32.2. The molecule has 2 aromatic carbocycles. The highest BCUT2D eigenvalue weighted by Gasteiger charge is 2.25. The number of fused-ring (bicyclic) bond motifs is 1. The second-order valence-electron chi connectivity index (χ2n) is 10.4. The minimum atomic E-state index is -3.94. The molecule has 0 spiro atoms. The van der Waals surface area contributed by atoms with E-state index in [0.717, 1.165) is 25.1 Å². The van der Waals surface area contributed by atoms with Gasteiger partial charge in [-0.3, -0.25) is 0 Å². The fraction of sp³-hybridized carbons (Fsp3) is 0.345. The van der Waals surface area contributed by atoms with E-state index in [0.29, 0.717) is 45.5 Å². The van der Waals surface area contributed by atoms with Gasteiger partial charge in [-0.1, -0.05) is 19.1 Å². The SMILES string of the molecule is COC(CS(N)(=O)=O)c1c(F)ccc2c(Oc3ncccc3-c3ccnc(N[C@@H]4CNC[C@H](C)C4)n3)c(C)ccc12. The Morgan fingerprint density at radius 2 is 1.93 bits per heavy atom. The number of aromatic nitrogens is 3. The molecule has 0 amide bonds. The van der Waals surface area contributed by atoms with E-state index < -0.39 is 27.7 Å². The first kappa shape index (κ1) is 28.8. The maximum atomic E-state index is 15.1. The van der Waals surface area contributed by atoms with Crippen molar-refractivity contribution >= 4 is 26.7 Å². The molecule has 4 aromatic rings. The Morgan fingerprint density at radius 1 is 1.12 bits per heavy atom. The van der Waals surface area contributed by atoms with Gasteiger partial charge in [0.15, 0.2) is 0 Å². The van der Waals surface area contributed by atoms with Crippen LogP contribution in [0, 0.1) is 18.7 Å². The van der Waals surface area contributed by atoms with Crippen LogP contribution in [0.5, 0.6) is 11.6 Å². The van der Waals surface area contributed by atoms with Gasteiger partial charge < -0.3 is 20.1 Å². The molecule has 3 heterocycles. The zero-order valence-corrected chi connectivity index (χ0v) is 23.9. The van der Waals surface area contributed by atoms with Crippen LogP contribution in [-0.4, -0.2) is 55.4 Å². The Hall–Kier alpha value is -3.71. The van der Waals surface area contributed by atoms with Crippen LogP contribution >= 0.6 is 0 Å². The van der Waals surface area contributed by atoms with Crippen molar-refractivity contribution in [2.45, 2.75) is 32.4 Å². The molecule has 3 atom stereocenters. The molecule has 0 aliphatic carbocycles. The number of pyridine rings is 1. The number of nitrogens with zero attached hydrogens (tertiary/aromatic N) is 3. The van der Waals surface area contributed by atoms with E-state index in [1.807, 2.05) is 13.0 Å². The predicted molar refractivity (Wildman–Crippen MR) is 156 cm³/mol. The molecule has 1 aliphatic heterocycles. The predicted octanol–water partition coefficient (Wildman–Crippen LogP) is 4.32. The van der Waals surface area contributed by atoms with Crippen molar-refractivity contribution in [3.8, 4) is 22.9 Å². The number of primary sulfonamides is 1. The van der Waals surface area contributed by atoms with Crippen LogP contribution < -0.4 is 20.5 Å². The first-order valence-corrected chi connectivity index (χ1v) is 15.0. The standard InChI is InChI=1S/C29H33FN6O4S/c1-17-13-19(15-32-14-17)35-29-34-12-10-24(36-29)22-5-4-11-33-28(22)40-27-18(2)6-7-20-21(27)8-9-23(30)26(20)25(39-3)16-41(31,37)38/h4-12,17,19,25,32H,13-16H2,1-3H3,(H2,31,37,38)(H,34,35,36)/t17-,19+,25?/m1/s1. The van der Waals surface area contributed by atoms with Gasteiger partial charge in [-0.25, -0.2) is 32.9 Å². The molecular weight excluding hydrogens is 547 g/mol. The molecule has 4 N–H and O–H groups in total. The fourth-order valence-corrected chi connectivity index (χ4v) is 5.94. The number of hydrogen-bond donors (Lipinski definition) is 3. The number of methoxy groups -OCH3 is 1. The van der Waals surface area contributed by atoms with E-state index in [1.54, 1.807) is 42.7 Å². The normalized spacial score (nSPS) is 18.3. The average Bonchev–Trinajstić information content (AvgIpc) is 2.93. The zero-order chi connectivity index (χ0) is 29.1. The molecule has 1 saturated heterocycles. The molecule has 2 aromatic heterocycles. The third kappa shape index (κ3) is 6.62. The van der Waals surface area contributed by atoms with Gasteiger partial charge in [-0.2, -0.15) is 0 Å². The van der Waals surface area contributed by atoms with Crippen LogP contribution in [0.15, 0.2) is 54.9 Å². The van der Waals surface area contributed by atoms with Gasteiger partial charge in [0.2, 0.25) is 21.9 Å². The van der Waals surface area contributed by atoms with Gasteiger partial charge >= 0.3 is 0 Å². The lowest BCUT2D eigenvalue weighted by molar-refractivity contribution is 0.120. The maximum absolute atomic E-state index is 15.1. The Morgan fingerprint density at radius 3 is 2.68 bits per heavy atom. The molecule has 10 nitrogen and oxygen atoms in total. The lowest BCUT2D eigenvalue weighted by atomic mass is 9.97. The van der Waals surface area contributed by atoms with E-state index in [1.165, 1.54) is 13.2 Å². The summed E-state index contributed by atoms with van der Waals surface area (Å²) < 4.78 is 50.5. The van der Waals surface area contributed by atoms with E-state index in [9.17, 15) is 8.42 Å². The Bertz CT molecular complexity index is 1670.